The fourth-order valence-corrected chi connectivity index (χ4v) is 5.53. The fraction of sp³-hybridized carbons (Fsp3) is 0.409. The van der Waals surface area contributed by atoms with E-state index in [1.165, 1.54) is 21.0 Å². The Morgan fingerprint density at radius 1 is 0.714 bits per heavy atom. The molecule has 0 fully saturated rings. The van der Waals surface area contributed by atoms with Gasteiger partial charge in [0, 0.05) is 54.4 Å². The van der Waals surface area contributed by atoms with Gasteiger partial charge in [0.05, 0.1) is 55.9 Å². The number of aldehydes is 1. The SMILES string of the molecule is CCOC(=O)C1=C(COC(C)=O)NC(CF)=C(C(=O)OC)C1c1cc(F)cc(F)c1C(F)CF.CCOC(=O)CC(=O)COC(C)=O.COC(=O)/C=C(/N)CF.O=Cc1cc(F)cc(F)c1C(F)CF. The molecule has 70 heavy (non-hydrogen) atoms. The second-order valence-corrected chi connectivity index (χ2v) is 13.3. The summed E-state index contributed by atoms with van der Waals surface area (Å²) in [6, 6.07) is 1.96. The lowest BCUT2D eigenvalue weighted by Gasteiger charge is -2.32. The number of nitrogens with two attached hydrogens (primary N) is 1. The van der Waals surface area contributed by atoms with Gasteiger partial charge in [0.2, 0.25) is 0 Å². The highest BCUT2D eigenvalue weighted by Gasteiger charge is 2.42. The fourth-order valence-electron chi connectivity index (χ4n) is 5.53. The number of carbonyl (C=O) groups is 8. The van der Waals surface area contributed by atoms with Gasteiger partial charge in [-0.2, -0.15) is 0 Å². The highest BCUT2D eigenvalue weighted by molar-refractivity contribution is 6.00. The molecule has 0 saturated heterocycles. The van der Waals surface area contributed by atoms with E-state index >= 15 is 0 Å². The quantitative estimate of drug-likeness (QED) is 0.0398. The summed E-state index contributed by atoms with van der Waals surface area (Å²) in [6.45, 7) is -1.02. The van der Waals surface area contributed by atoms with Crippen LogP contribution in [-0.2, 0) is 62.0 Å². The van der Waals surface area contributed by atoms with Gasteiger partial charge in [0.25, 0.3) is 0 Å². The number of benzene rings is 2. The molecule has 2 aromatic carbocycles. The zero-order valence-corrected chi connectivity index (χ0v) is 38.1. The van der Waals surface area contributed by atoms with E-state index in [1.54, 1.807) is 6.92 Å². The number of hydrogen-bond donors (Lipinski definition) is 2. The molecule has 0 bridgehead atoms. The van der Waals surface area contributed by atoms with E-state index in [4.69, 9.17) is 15.2 Å². The number of esters is 6. The van der Waals surface area contributed by atoms with Gasteiger partial charge in [-0.15, -0.1) is 0 Å². The summed E-state index contributed by atoms with van der Waals surface area (Å²) in [4.78, 5) is 89.3. The number of Topliss-reactive ketones (excluding diaryl/α,β-unsaturated/α-hetero) is 1. The Balaban J connectivity index is 0.00000108. The van der Waals surface area contributed by atoms with Gasteiger partial charge >= 0.3 is 35.8 Å². The standard InChI is InChI=1S/C22H22F5NO6.C9H6F4O.C8H12O5.C5H8FNO2/c1-4-33-22(31)20-16(9-34-10(2)29)28-15(8-24)19(21(30)32-3)18(20)12-5-11(25)6-13(26)17(12)14(27)7-23;10-3-8(13)9-5(4-14)1-6(11)2-7(9)12;1-3-12-8(11)4-7(10)5-13-6(2)9;1-9-5(8)2-4(7)3-6/h5-6,14,18,28H,4,7-9H2,1-3H3;1-2,4,8H,3H2;3-5H2,1-2H3;2H,3,7H2,1H3/b;;;4-2+. The molecule has 388 valence electrons. The van der Waals surface area contributed by atoms with Crippen LogP contribution in [0.5, 0.6) is 0 Å². The zero-order valence-electron chi connectivity index (χ0n) is 38.1. The van der Waals surface area contributed by atoms with Crippen molar-refractivity contribution in [1.82, 2.24) is 5.32 Å². The first-order chi connectivity index (χ1) is 33.0. The molecule has 3 rings (SSSR count). The van der Waals surface area contributed by atoms with Crippen molar-refractivity contribution in [2.45, 2.75) is 52.4 Å². The van der Waals surface area contributed by atoms with Crippen LogP contribution in [0.2, 0.25) is 0 Å². The van der Waals surface area contributed by atoms with E-state index in [2.05, 4.69) is 24.3 Å². The summed E-state index contributed by atoms with van der Waals surface area (Å²) < 4.78 is 160. The van der Waals surface area contributed by atoms with E-state index in [0.29, 0.717) is 24.3 Å². The van der Waals surface area contributed by atoms with Gasteiger partial charge < -0.3 is 39.5 Å². The average molecular weight is 1020 g/mol. The minimum absolute atomic E-state index is 0.0870. The van der Waals surface area contributed by atoms with Crippen molar-refractivity contribution < 1.29 is 111 Å². The summed E-state index contributed by atoms with van der Waals surface area (Å²) in [5.74, 6) is -12.2. The van der Waals surface area contributed by atoms with Crippen molar-refractivity contribution in [2.24, 2.45) is 5.73 Å². The topological polar surface area (TPSA) is 230 Å². The van der Waals surface area contributed by atoms with E-state index < -0.39 is 156 Å². The van der Waals surface area contributed by atoms with Gasteiger partial charge in [-0.05, 0) is 31.5 Å². The molecule has 26 heteroatoms. The van der Waals surface area contributed by atoms with Gasteiger partial charge in [-0.1, -0.05) is 0 Å². The lowest BCUT2D eigenvalue weighted by molar-refractivity contribution is -0.151. The molecule has 0 spiro atoms. The van der Waals surface area contributed by atoms with Crippen molar-refractivity contribution in [3.05, 3.63) is 104 Å². The summed E-state index contributed by atoms with van der Waals surface area (Å²) in [7, 11) is 2.13. The molecule has 3 atom stereocenters. The number of rotatable bonds is 19. The molecule has 0 aliphatic carbocycles. The van der Waals surface area contributed by atoms with Crippen LogP contribution in [0.1, 0.15) is 79.4 Å². The Kier molecular flexibility index (Phi) is 29.1. The maximum Gasteiger partial charge on any atom is 0.336 e. The third kappa shape index (κ3) is 20.5. The minimum Gasteiger partial charge on any atom is -0.466 e. The van der Waals surface area contributed by atoms with Crippen LogP contribution in [0.3, 0.4) is 0 Å². The summed E-state index contributed by atoms with van der Waals surface area (Å²) in [6.07, 6.45) is -4.21. The van der Waals surface area contributed by atoms with E-state index in [1.807, 2.05) is 0 Å². The highest BCUT2D eigenvalue weighted by Crippen LogP contribution is 2.44. The van der Waals surface area contributed by atoms with Crippen molar-refractivity contribution in [1.29, 1.82) is 0 Å². The second kappa shape index (κ2) is 32.5. The van der Waals surface area contributed by atoms with Gasteiger partial charge in [-0.25, -0.2) is 58.3 Å². The van der Waals surface area contributed by atoms with Crippen molar-refractivity contribution in [3.63, 3.8) is 0 Å². The van der Waals surface area contributed by atoms with Gasteiger partial charge in [-0.3, -0.25) is 24.0 Å². The molecule has 2 aromatic rings. The Hall–Kier alpha value is -7.28. The van der Waals surface area contributed by atoms with Crippen LogP contribution < -0.4 is 11.1 Å². The molecule has 0 saturated carbocycles. The van der Waals surface area contributed by atoms with Gasteiger partial charge in [0.15, 0.2) is 31.0 Å². The van der Waals surface area contributed by atoms with Gasteiger partial charge in [0.1, 0.15) is 63.0 Å². The number of ketones is 1. The first-order valence-corrected chi connectivity index (χ1v) is 19.9. The number of halogens is 10. The average Bonchev–Trinajstić information content (AvgIpc) is 3.31. The van der Waals surface area contributed by atoms with Crippen LogP contribution >= 0.6 is 0 Å². The predicted molar refractivity (Wildman–Crippen MR) is 222 cm³/mol. The van der Waals surface area contributed by atoms with E-state index in [9.17, 15) is 82.3 Å². The Morgan fingerprint density at radius 2 is 1.24 bits per heavy atom. The van der Waals surface area contributed by atoms with Crippen LogP contribution in [0.15, 0.2) is 58.6 Å². The molecule has 1 heterocycles. The van der Waals surface area contributed by atoms with Crippen LogP contribution in [0, 0.1) is 23.3 Å². The van der Waals surface area contributed by atoms with Crippen molar-refractivity contribution >= 4 is 47.9 Å². The number of ether oxygens (including phenoxy) is 6. The summed E-state index contributed by atoms with van der Waals surface area (Å²) >= 11 is 0. The number of alkyl halides is 6. The monoisotopic (exact) mass is 1020 g/mol. The van der Waals surface area contributed by atoms with Crippen molar-refractivity contribution in [2.75, 3.05) is 67.3 Å². The van der Waals surface area contributed by atoms with Crippen molar-refractivity contribution in [3.8, 4) is 0 Å². The highest BCUT2D eigenvalue weighted by atomic mass is 19.2. The first kappa shape index (κ1) is 62.7. The maximum atomic E-state index is 14.6. The third-order valence-corrected chi connectivity index (χ3v) is 8.31. The number of nitrogens with one attached hydrogen (secondary N) is 1. The zero-order chi connectivity index (χ0) is 53.8. The number of hydrogen-bond acceptors (Lipinski definition) is 16. The maximum absolute atomic E-state index is 14.6. The second-order valence-electron chi connectivity index (χ2n) is 13.3. The lowest BCUT2D eigenvalue weighted by atomic mass is 9.77. The molecule has 3 unspecified atom stereocenters. The Labute approximate surface area is 393 Å². The normalized spacial score (nSPS) is 13.7. The third-order valence-electron chi connectivity index (χ3n) is 8.31. The summed E-state index contributed by atoms with van der Waals surface area (Å²) in [5, 5.41) is 2.45. The molecule has 1 aliphatic rings. The van der Waals surface area contributed by atoms with Crippen LogP contribution in [0.25, 0.3) is 0 Å². The summed E-state index contributed by atoms with van der Waals surface area (Å²) in [5.41, 5.74) is -0.0238. The molecular weight excluding hydrogens is 970 g/mol. The molecule has 0 amide bonds. The Morgan fingerprint density at radius 3 is 1.71 bits per heavy atom. The molecule has 0 aromatic heterocycles. The smallest absolute Gasteiger partial charge is 0.336 e. The molecule has 1 aliphatic heterocycles. The predicted octanol–water partition coefficient (Wildman–Crippen LogP) is 6.21. The molecule has 0 radical (unpaired) electrons. The Bertz CT molecular complexity index is 2270. The van der Waals surface area contributed by atoms with Crippen LogP contribution in [0.4, 0.5) is 43.9 Å². The molecule has 16 nitrogen and oxygen atoms in total. The van der Waals surface area contributed by atoms with Crippen LogP contribution in [-0.4, -0.2) is 115 Å². The number of methoxy groups -OCH3 is 2. The number of dihydropyridines is 1. The number of allylic oxidation sites excluding steroid dienone is 2. The number of carbonyl (C=O) groups excluding carboxylic acids is 8. The first-order valence-electron chi connectivity index (χ1n) is 19.9. The van der Waals surface area contributed by atoms with E-state index in [-0.39, 0.29) is 43.9 Å². The molecule has 3 N–H and O–H groups in total. The lowest BCUT2D eigenvalue weighted by Crippen LogP contribution is -2.37. The minimum atomic E-state index is -2.61. The van der Waals surface area contributed by atoms with E-state index in [0.717, 1.165) is 20.1 Å². The largest absolute Gasteiger partial charge is 0.466 e. The molecular formula is C44H48F10N2O14.